The minimum atomic E-state index is -0.304. The van der Waals surface area contributed by atoms with Crippen LogP contribution in [0.15, 0.2) is 0 Å². The van der Waals surface area contributed by atoms with E-state index >= 15 is 0 Å². The van der Waals surface area contributed by atoms with Crippen molar-refractivity contribution in [1.29, 1.82) is 0 Å². The van der Waals surface area contributed by atoms with E-state index in [2.05, 4.69) is 11.8 Å². The van der Waals surface area contributed by atoms with Gasteiger partial charge in [0.1, 0.15) is 0 Å². The molecule has 0 bridgehead atoms. The Morgan fingerprint density at radius 1 is 1.42 bits per heavy atom. The molecule has 2 nitrogen and oxygen atoms in total. The third kappa shape index (κ3) is 1.50. The lowest BCUT2D eigenvalue weighted by atomic mass is 9.69. The van der Waals surface area contributed by atoms with Gasteiger partial charge in [0.2, 0.25) is 0 Å². The van der Waals surface area contributed by atoms with E-state index in [9.17, 15) is 5.11 Å². The summed E-state index contributed by atoms with van der Waals surface area (Å²) in [7, 11) is 0. The third-order valence-corrected chi connectivity index (χ3v) is 3.38. The van der Waals surface area contributed by atoms with Crippen LogP contribution >= 0.6 is 0 Å². The standard InChI is InChI=1S/C10H19NO/c1-2-9-6-10(12,7-9)8-11-4-3-5-11/h9,12H,2-8H2,1H3. The lowest BCUT2D eigenvalue weighted by molar-refractivity contribution is -0.102. The van der Waals surface area contributed by atoms with E-state index in [4.69, 9.17) is 0 Å². The first-order valence-electron chi connectivity index (χ1n) is 5.16. The number of β-amino-alcohol motifs (C(OH)–C–C–N with tert-alkyl or cyclic N) is 1. The highest BCUT2D eigenvalue weighted by Gasteiger charge is 2.43. The molecule has 0 unspecified atom stereocenters. The number of hydrogen-bond acceptors (Lipinski definition) is 2. The monoisotopic (exact) mass is 169 g/mol. The van der Waals surface area contributed by atoms with Crippen molar-refractivity contribution in [3.8, 4) is 0 Å². The molecular weight excluding hydrogens is 150 g/mol. The van der Waals surface area contributed by atoms with Gasteiger partial charge in [0, 0.05) is 6.54 Å². The van der Waals surface area contributed by atoms with Crippen LogP contribution in [0.3, 0.4) is 0 Å². The van der Waals surface area contributed by atoms with Crippen LogP contribution in [-0.4, -0.2) is 35.2 Å². The molecule has 1 saturated carbocycles. The van der Waals surface area contributed by atoms with Crippen molar-refractivity contribution in [2.45, 2.75) is 38.2 Å². The van der Waals surface area contributed by atoms with E-state index in [0.717, 1.165) is 25.3 Å². The van der Waals surface area contributed by atoms with Crippen molar-refractivity contribution in [2.75, 3.05) is 19.6 Å². The van der Waals surface area contributed by atoms with Gasteiger partial charge < -0.3 is 10.0 Å². The van der Waals surface area contributed by atoms with Gasteiger partial charge in [-0.15, -0.1) is 0 Å². The average Bonchev–Trinajstić information content (AvgIpc) is 1.91. The van der Waals surface area contributed by atoms with Crippen LogP contribution in [0.1, 0.15) is 32.6 Å². The van der Waals surface area contributed by atoms with Crippen LogP contribution in [0.4, 0.5) is 0 Å². The molecule has 1 aliphatic heterocycles. The quantitative estimate of drug-likeness (QED) is 0.687. The fourth-order valence-electron chi connectivity index (χ4n) is 2.39. The fourth-order valence-corrected chi connectivity index (χ4v) is 2.39. The van der Waals surface area contributed by atoms with Crippen molar-refractivity contribution in [2.24, 2.45) is 5.92 Å². The highest BCUT2D eigenvalue weighted by Crippen LogP contribution is 2.40. The molecule has 0 radical (unpaired) electrons. The molecule has 70 valence electrons. The van der Waals surface area contributed by atoms with Gasteiger partial charge in [0.15, 0.2) is 0 Å². The smallest absolute Gasteiger partial charge is 0.0779 e. The van der Waals surface area contributed by atoms with E-state index in [-0.39, 0.29) is 5.60 Å². The Morgan fingerprint density at radius 2 is 2.08 bits per heavy atom. The minimum absolute atomic E-state index is 0.304. The minimum Gasteiger partial charge on any atom is -0.389 e. The first-order valence-corrected chi connectivity index (χ1v) is 5.16. The van der Waals surface area contributed by atoms with E-state index in [1.165, 1.54) is 25.9 Å². The Bertz CT molecular complexity index is 159. The Hall–Kier alpha value is -0.0800. The average molecular weight is 169 g/mol. The summed E-state index contributed by atoms with van der Waals surface area (Å²) in [5.74, 6) is 0.802. The molecule has 1 aliphatic carbocycles. The summed E-state index contributed by atoms with van der Waals surface area (Å²) in [6.45, 7) is 5.57. The second-order valence-corrected chi connectivity index (χ2v) is 4.54. The molecule has 0 spiro atoms. The SMILES string of the molecule is CCC1CC(O)(CN2CCC2)C1. The Kier molecular flexibility index (Phi) is 2.13. The zero-order valence-electron chi connectivity index (χ0n) is 7.92. The van der Waals surface area contributed by atoms with E-state index in [1.54, 1.807) is 0 Å². The summed E-state index contributed by atoms with van der Waals surface area (Å²) >= 11 is 0. The molecule has 2 aliphatic rings. The second kappa shape index (κ2) is 3.00. The largest absolute Gasteiger partial charge is 0.389 e. The molecule has 0 aromatic heterocycles. The molecule has 0 atom stereocenters. The molecule has 12 heavy (non-hydrogen) atoms. The zero-order valence-corrected chi connectivity index (χ0v) is 7.92. The summed E-state index contributed by atoms with van der Waals surface area (Å²) in [6, 6.07) is 0. The van der Waals surface area contributed by atoms with Crippen molar-refractivity contribution >= 4 is 0 Å². The maximum Gasteiger partial charge on any atom is 0.0779 e. The van der Waals surface area contributed by atoms with E-state index in [1.807, 2.05) is 0 Å². The van der Waals surface area contributed by atoms with Crippen LogP contribution in [0.25, 0.3) is 0 Å². The number of hydrogen-bond donors (Lipinski definition) is 1. The molecule has 1 N–H and O–H groups in total. The summed E-state index contributed by atoms with van der Waals surface area (Å²) < 4.78 is 0. The zero-order chi connectivity index (χ0) is 8.60. The molecule has 2 heteroatoms. The fraction of sp³-hybridized carbons (Fsp3) is 1.00. The number of aliphatic hydroxyl groups is 1. The molecule has 2 fully saturated rings. The van der Waals surface area contributed by atoms with Crippen molar-refractivity contribution in [1.82, 2.24) is 4.90 Å². The summed E-state index contributed by atoms with van der Waals surface area (Å²) in [4.78, 5) is 2.37. The van der Waals surface area contributed by atoms with Crippen molar-refractivity contribution in [3.63, 3.8) is 0 Å². The molecule has 0 amide bonds. The molecule has 0 aromatic rings. The van der Waals surface area contributed by atoms with Crippen LogP contribution in [0.2, 0.25) is 0 Å². The summed E-state index contributed by atoms with van der Waals surface area (Å²) in [5.41, 5.74) is -0.304. The Balaban J connectivity index is 1.73. The van der Waals surface area contributed by atoms with Gasteiger partial charge in [-0.25, -0.2) is 0 Å². The topological polar surface area (TPSA) is 23.5 Å². The number of rotatable bonds is 3. The van der Waals surface area contributed by atoms with Gasteiger partial charge in [-0.2, -0.15) is 0 Å². The van der Waals surface area contributed by atoms with Gasteiger partial charge in [-0.3, -0.25) is 0 Å². The maximum atomic E-state index is 10.0. The van der Waals surface area contributed by atoms with E-state index < -0.39 is 0 Å². The second-order valence-electron chi connectivity index (χ2n) is 4.54. The third-order valence-electron chi connectivity index (χ3n) is 3.38. The predicted octanol–water partition coefficient (Wildman–Crippen LogP) is 1.24. The summed E-state index contributed by atoms with van der Waals surface area (Å²) in [6.07, 6.45) is 4.65. The maximum absolute atomic E-state index is 10.0. The van der Waals surface area contributed by atoms with Gasteiger partial charge in [-0.1, -0.05) is 13.3 Å². The Labute approximate surface area is 74.6 Å². The van der Waals surface area contributed by atoms with Crippen molar-refractivity contribution < 1.29 is 5.11 Å². The summed E-state index contributed by atoms with van der Waals surface area (Å²) in [5, 5.41) is 10.0. The van der Waals surface area contributed by atoms with Crippen LogP contribution < -0.4 is 0 Å². The van der Waals surface area contributed by atoms with Gasteiger partial charge in [0.25, 0.3) is 0 Å². The molecule has 2 rings (SSSR count). The first kappa shape index (κ1) is 8.52. The number of likely N-dealkylation sites (tertiary alicyclic amines) is 1. The normalized spacial score (nSPS) is 42.0. The Morgan fingerprint density at radius 3 is 2.50 bits per heavy atom. The highest BCUT2D eigenvalue weighted by molar-refractivity contribution is 4.96. The van der Waals surface area contributed by atoms with Gasteiger partial charge in [0.05, 0.1) is 5.60 Å². The van der Waals surface area contributed by atoms with Crippen molar-refractivity contribution in [3.05, 3.63) is 0 Å². The molecular formula is C10H19NO. The van der Waals surface area contributed by atoms with Gasteiger partial charge >= 0.3 is 0 Å². The highest BCUT2D eigenvalue weighted by atomic mass is 16.3. The predicted molar refractivity (Wildman–Crippen MR) is 49.0 cm³/mol. The lowest BCUT2D eigenvalue weighted by Gasteiger charge is -2.48. The van der Waals surface area contributed by atoms with E-state index in [0.29, 0.717) is 0 Å². The first-order chi connectivity index (χ1) is 5.72. The van der Waals surface area contributed by atoms with Crippen LogP contribution in [-0.2, 0) is 0 Å². The lowest BCUT2D eigenvalue weighted by Crippen LogP contribution is -2.55. The molecule has 0 aromatic carbocycles. The van der Waals surface area contributed by atoms with Crippen LogP contribution in [0, 0.1) is 5.92 Å². The van der Waals surface area contributed by atoms with Gasteiger partial charge in [-0.05, 0) is 38.3 Å². The molecule has 1 saturated heterocycles. The number of nitrogens with zero attached hydrogens (tertiary/aromatic N) is 1. The molecule has 1 heterocycles. The van der Waals surface area contributed by atoms with Crippen LogP contribution in [0.5, 0.6) is 0 Å².